The van der Waals surface area contributed by atoms with E-state index in [1.54, 1.807) is 0 Å². The second-order valence-corrected chi connectivity index (χ2v) is 6.99. The molecule has 0 bridgehead atoms. The maximum Gasteiger partial charge on any atom is 0.139 e. The molecule has 0 aromatic heterocycles. The first kappa shape index (κ1) is 15.2. The van der Waals surface area contributed by atoms with Crippen molar-refractivity contribution in [2.75, 3.05) is 0 Å². The van der Waals surface area contributed by atoms with E-state index in [0.717, 1.165) is 27.5 Å². The fourth-order valence-electron chi connectivity index (χ4n) is 1.95. The van der Waals surface area contributed by atoms with Gasteiger partial charge < -0.3 is 0 Å². The Labute approximate surface area is 141 Å². The Morgan fingerprint density at radius 3 is 2.32 bits per heavy atom. The van der Waals surface area contributed by atoms with Gasteiger partial charge in [-0.15, -0.1) is 0 Å². The Balaban J connectivity index is 2.14. The minimum absolute atomic E-state index is 0.0726. The zero-order chi connectivity index (χ0) is 14.0. The maximum absolute atomic E-state index is 13.8. The van der Waals surface area contributed by atoms with Crippen LogP contribution in [0.5, 0.6) is 0 Å². The monoisotopic (exact) mass is 480 g/mol. The van der Waals surface area contributed by atoms with Crippen LogP contribution >= 0.6 is 45.2 Å². The van der Waals surface area contributed by atoms with Gasteiger partial charge in [0.25, 0.3) is 0 Å². The summed E-state index contributed by atoms with van der Waals surface area (Å²) in [7, 11) is 0. The highest BCUT2D eigenvalue weighted by Crippen LogP contribution is 2.22. The topological polar surface area (TPSA) is 0 Å². The molecule has 0 saturated carbocycles. The molecule has 0 radical (unpaired) electrons. The third-order valence-corrected chi connectivity index (χ3v) is 5.60. The zero-order valence-corrected chi connectivity index (χ0v) is 15.2. The molecule has 100 valence electrons. The van der Waals surface area contributed by atoms with E-state index in [1.807, 2.05) is 19.1 Å². The van der Waals surface area contributed by atoms with Gasteiger partial charge in [-0.2, -0.15) is 0 Å². The SMILES string of the molecule is Cc1ccc(CCc2ccc(C)c(F)c2I)cc1I. The summed E-state index contributed by atoms with van der Waals surface area (Å²) in [5.74, 6) is -0.0726. The van der Waals surface area contributed by atoms with Gasteiger partial charge in [0.1, 0.15) is 5.82 Å². The van der Waals surface area contributed by atoms with E-state index < -0.39 is 0 Å². The highest BCUT2D eigenvalue weighted by Gasteiger charge is 2.08. The van der Waals surface area contributed by atoms with Gasteiger partial charge in [0, 0.05) is 3.57 Å². The molecule has 0 aliphatic rings. The van der Waals surface area contributed by atoms with Crippen molar-refractivity contribution in [2.45, 2.75) is 26.7 Å². The highest BCUT2D eigenvalue weighted by atomic mass is 127. The van der Waals surface area contributed by atoms with Crippen LogP contribution in [0.25, 0.3) is 0 Å². The van der Waals surface area contributed by atoms with Crippen LogP contribution in [0.4, 0.5) is 4.39 Å². The molecule has 2 aromatic carbocycles. The molecule has 0 atom stereocenters. The predicted octanol–water partition coefficient (Wildman–Crippen LogP) is 5.44. The van der Waals surface area contributed by atoms with E-state index in [0.29, 0.717) is 0 Å². The van der Waals surface area contributed by atoms with Gasteiger partial charge in [-0.3, -0.25) is 0 Å². The van der Waals surface area contributed by atoms with Gasteiger partial charge in [-0.05, 0) is 100 Å². The largest absolute Gasteiger partial charge is 0.206 e. The van der Waals surface area contributed by atoms with E-state index in [-0.39, 0.29) is 5.82 Å². The lowest BCUT2D eigenvalue weighted by Crippen LogP contribution is -1.99. The third-order valence-electron chi connectivity index (χ3n) is 3.27. The number of hydrogen-bond acceptors (Lipinski definition) is 0. The molecule has 0 aliphatic heterocycles. The molecule has 0 aliphatic carbocycles. The van der Waals surface area contributed by atoms with Crippen molar-refractivity contribution in [1.82, 2.24) is 0 Å². The maximum atomic E-state index is 13.8. The standard InChI is InChI=1S/C16H15FI2/c1-10-3-5-12(9-14(10)18)6-8-13-7-4-11(2)15(17)16(13)19/h3-5,7,9H,6,8H2,1-2H3. The van der Waals surface area contributed by atoms with Crippen molar-refractivity contribution < 1.29 is 4.39 Å². The number of aryl methyl sites for hydroxylation is 4. The molecular formula is C16H15FI2. The molecule has 19 heavy (non-hydrogen) atoms. The molecule has 0 fully saturated rings. The van der Waals surface area contributed by atoms with Gasteiger partial charge >= 0.3 is 0 Å². The van der Waals surface area contributed by atoms with E-state index in [9.17, 15) is 4.39 Å². The molecule has 2 rings (SSSR count). The van der Waals surface area contributed by atoms with Crippen LogP contribution in [-0.2, 0) is 12.8 Å². The van der Waals surface area contributed by atoms with Gasteiger partial charge in [0.05, 0.1) is 3.57 Å². The second kappa shape index (κ2) is 6.52. The van der Waals surface area contributed by atoms with Crippen LogP contribution in [0, 0.1) is 26.8 Å². The van der Waals surface area contributed by atoms with Crippen LogP contribution in [0.1, 0.15) is 22.3 Å². The van der Waals surface area contributed by atoms with Crippen LogP contribution in [0.3, 0.4) is 0 Å². The molecule has 0 unspecified atom stereocenters. The number of hydrogen-bond donors (Lipinski definition) is 0. The van der Waals surface area contributed by atoms with E-state index in [1.165, 1.54) is 14.7 Å². The third kappa shape index (κ3) is 3.68. The summed E-state index contributed by atoms with van der Waals surface area (Å²) < 4.78 is 15.9. The summed E-state index contributed by atoms with van der Waals surface area (Å²) in [6.07, 6.45) is 1.84. The van der Waals surface area contributed by atoms with Crippen LogP contribution in [-0.4, -0.2) is 0 Å². The van der Waals surface area contributed by atoms with Crippen molar-refractivity contribution in [1.29, 1.82) is 0 Å². The minimum atomic E-state index is -0.0726. The summed E-state index contributed by atoms with van der Waals surface area (Å²) >= 11 is 4.47. The lowest BCUT2D eigenvalue weighted by molar-refractivity contribution is 0.607. The molecule has 0 saturated heterocycles. The fourth-order valence-corrected chi connectivity index (χ4v) is 3.40. The van der Waals surface area contributed by atoms with Crippen LogP contribution in [0.2, 0.25) is 0 Å². The van der Waals surface area contributed by atoms with Crippen molar-refractivity contribution in [3.8, 4) is 0 Å². The Morgan fingerprint density at radius 1 is 0.947 bits per heavy atom. The molecule has 0 nitrogen and oxygen atoms in total. The molecular weight excluding hydrogens is 465 g/mol. The first-order valence-electron chi connectivity index (χ1n) is 6.17. The van der Waals surface area contributed by atoms with Gasteiger partial charge in [-0.25, -0.2) is 4.39 Å². The summed E-state index contributed by atoms with van der Waals surface area (Å²) in [5.41, 5.74) is 4.43. The first-order valence-corrected chi connectivity index (χ1v) is 8.33. The number of benzene rings is 2. The summed E-state index contributed by atoms with van der Waals surface area (Å²) in [5, 5.41) is 0. The average Bonchev–Trinajstić information content (AvgIpc) is 2.39. The van der Waals surface area contributed by atoms with Gasteiger partial charge in [0.15, 0.2) is 0 Å². The molecule has 2 aromatic rings. The van der Waals surface area contributed by atoms with Crippen LogP contribution < -0.4 is 0 Å². The molecule has 3 heteroatoms. The van der Waals surface area contributed by atoms with Crippen molar-refractivity contribution in [3.05, 3.63) is 65.5 Å². The van der Waals surface area contributed by atoms with E-state index in [4.69, 9.17) is 0 Å². The van der Waals surface area contributed by atoms with Crippen molar-refractivity contribution in [2.24, 2.45) is 0 Å². The lowest BCUT2D eigenvalue weighted by atomic mass is 10.0. The smallest absolute Gasteiger partial charge is 0.139 e. The Kier molecular flexibility index (Phi) is 5.22. The lowest BCUT2D eigenvalue weighted by Gasteiger charge is -2.08. The fraction of sp³-hybridized carbons (Fsp3) is 0.250. The van der Waals surface area contributed by atoms with Crippen molar-refractivity contribution >= 4 is 45.2 Å². The van der Waals surface area contributed by atoms with E-state index >= 15 is 0 Å². The number of halogens is 3. The minimum Gasteiger partial charge on any atom is -0.206 e. The van der Waals surface area contributed by atoms with Crippen LogP contribution in [0.15, 0.2) is 30.3 Å². The second-order valence-electron chi connectivity index (χ2n) is 4.75. The Bertz CT molecular complexity index is 606. The normalized spacial score (nSPS) is 10.8. The molecule has 0 amide bonds. The number of rotatable bonds is 3. The molecule has 0 N–H and O–H groups in total. The summed E-state index contributed by atoms with van der Waals surface area (Å²) in [4.78, 5) is 0. The Hall–Kier alpha value is -0.170. The highest BCUT2D eigenvalue weighted by molar-refractivity contribution is 14.1. The van der Waals surface area contributed by atoms with Gasteiger partial charge in [-0.1, -0.05) is 24.3 Å². The van der Waals surface area contributed by atoms with Crippen molar-refractivity contribution in [3.63, 3.8) is 0 Å². The zero-order valence-electron chi connectivity index (χ0n) is 10.9. The quantitative estimate of drug-likeness (QED) is 0.514. The molecule has 0 heterocycles. The predicted molar refractivity (Wildman–Crippen MR) is 95.2 cm³/mol. The summed E-state index contributed by atoms with van der Waals surface area (Å²) in [6.45, 7) is 3.92. The summed E-state index contributed by atoms with van der Waals surface area (Å²) in [6, 6.07) is 10.4. The first-order chi connectivity index (χ1) is 8.99. The average molecular weight is 480 g/mol. The van der Waals surface area contributed by atoms with Gasteiger partial charge in [0.2, 0.25) is 0 Å². The van der Waals surface area contributed by atoms with E-state index in [2.05, 4.69) is 70.3 Å². The molecule has 0 spiro atoms. The Morgan fingerprint density at radius 2 is 1.63 bits per heavy atom.